The molecule has 2 heterocycles. The van der Waals surface area contributed by atoms with Crippen molar-refractivity contribution in [2.45, 2.75) is 20.0 Å². The number of halogens is 4. The molecule has 2 aromatic carbocycles. The lowest BCUT2D eigenvalue weighted by molar-refractivity contribution is -0.193. The van der Waals surface area contributed by atoms with Crippen molar-refractivity contribution in [3.63, 3.8) is 0 Å². The molecular formula is C25H18ClF3N4O3. The van der Waals surface area contributed by atoms with Crippen LogP contribution in [0.4, 0.5) is 24.7 Å². The van der Waals surface area contributed by atoms with E-state index in [4.69, 9.17) is 11.6 Å². The van der Waals surface area contributed by atoms with Gasteiger partial charge in [-0.1, -0.05) is 35.9 Å². The topological polar surface area (TPSA) is 86.1 Å². The van der Waals surface area contributed by atoms with Crippen molar-refractivity contribution in [3.8, 4) is 16.8 Å². The number of hydrogen-bond donors (Lipinski definition) is 1. The first-order chi connectivity index (χ1) is 17.1. The van der Waals surface area contributed by atoms with Crippen molar-refractivity contribution >= 4 is 35.0 Å². The van der Waals surface area contributed by atoms with Crippen LogP contribution in [0.15, 0.2) is 67.0 Å². The van der Waals surface area contributed by atoms with Crippen molar-refractivity contribution in [1.29, 1.82) is 0 Å². The van der Waals surface area contributed by atoms with Crippen LogP contribution < -0.4 is 5.32 Å². The first kappa shape index (κ1) is 24.9. The number of alkyl halides is 3. The fourth-order valence-corrected chi connectivity index (χ4v) is 3.77. The van der Waals surface area contributed by atoms with E-state index in [1.807, 2.05) is 37.3 Å². The Morgan fingerprint density at radius 2 is 1.81 bits per heavy atom. The quantitative estimate of drug-likeness (QED) is 0.252. The third-order valence-electron chi connectivity index (χ3n) is 5.23. The van der Waals surface area contributed by atoms with E-state index >= 15 is 0 Å². The fourth-order valence-electron chi connectivity index (χ4n) is 3.59. The molecule has 0 unspecified atom stereocenters. The molecule has 0 amide bonds. The Kier molecular flexibility index (Phi) is 6.80. The van der Waals surface area contributed by atoms with Crippen molar-refractivity contribution in [3.05, 3.63) is 88.8 Å². The van der Waals surface area contributed by atoms with Crippen molar-refractivity contribution < 1.29 is 27.5 Å². The van der Waals surface area contributed by atoms with Crippen molar-refractivity contribution in [1.82, 2.24) is 14.8 Å². The Labute approximate surface area is 208 Å². The van der Waals surface area contributed by atoms with E-state index in [0.29, 0.717) is 22.6 Å². The Morgan fingerprint density at radius 1 is 1.06 bits per heavy atom. The predicted molar refractivity (Wildman–Crippen MR) is 127 cm³/mol. The minimum atomic E-state index is -5.34. The van der Waals surface area contributed by atoms with Crippen LogP contribution in [0.5, 0.6) is 0 Å². The van der Waals surface area contributed by atoms with Gasteiger partial charge in [0, 0.05) is 28.5 Å². The molecular weight excluding hydrogens is 497 g/mol. The first-order valence-electron chi connectivity index (χ1n) is 10.5. The van der Waals surface area contributed by atoms with Crippen molar-refractivity contribution in [2.75, 3.05) is 5.32 Å². The van der Waals surface area contributed by atoms with E-state index in [2.05, 4.69) is 20.1 Å². The smallest absolute Gasteiger partial charge is 0.383 e. The van der Waals surface area contributed by atoms with E-state index in [1.165, 1.54) is 12.1 Å². The molecule has 4 rings (SSSR count). The van der Waals surface area contributed by atoms with Gasteiger partial charge in [0.25, 0.3) is 0 Å². The number of rotatable bonds is 5. The summed E-state index contributed by atoms with van der Waals surface area (Å²) in [6.45, 7) is 3.69. The molecule has 2 aromatic heterocycles. The largest absolute Gasteiger partial charge is 0.491 e. The standard InChI is InChI=1S/C25H18ClF3N4O3/c1-14-6-3-4-8-20(14)33-22(21(15(2)32-33)16-7-5-11-30-13-16)31-19-10-9-17(26)12-18(19)23(34)36-24(35)25(27,28)29/h3-13,31H,1-2H3. The number of hydrogen-bond acceptors (Lipinski definition) is 6. The molecule has 36 heavy (non-hydrogen) atoms. The summed E-state index contributed by atoms with van der Waals surface area (Å²) in [5.41, 5.74) is 3.29. The summed E-state index contributed by atoms with van der Waals surface area (Å²) < 4.78 is 43.7. The maximum absolute atomic E-state index is 12.7. The maximum Gasteiger partial charge on any atom is 0.491 e. The molecule has 0 atom stereocenters. The van der Waals surface area contributed by atoms with E-state index in [0.717, 1.165) is 17.3 Å². The van der Waals surface area contributed by atoms with Crippen LogP contribution in [0.3, 0.4) is 0 Å². The molecule has 0 aliphatic carbocycles. The van der Waals surface area contributed by atoms with Gasteiger partial charge in [-0.25, -0.2) is 14.3 Å². The molecule has 7 nitrogen and oxygen atoms in total. The number of esters is 2. The van der Waals surface area contributed by atoms with Crippen LogP contribution in [-0.2, 0) is 9.53 Å². The lowest BCUT2D eigenvalue weighted by Gasteiger charge is -2.16. The van der Waals surface area contributed by atoms with Crippen LogP contribution in [0, 0.1) is 13.8 Å². The third kappa shape index (κ3) is 5.08. The number of nitrogens with zero attached hydrogens (tertiary/aromatic N) is 3. The number of aromatic nitrogens is 3. The predicted octanol–water partition coefficient (Wildman–Crippen LogP) is 6.19. The first-order valence-corrected chi connectivity index (χ1v) is 10.9. The Morgan fingerprint density at radius 3 is 2.47 bits per heavy atom. The molecule has 0 saturated carbocycles. The maximum atomic E-state index is 12.7. The molecule has 0 fully saturated rings. The Hall–Kier alpha value is -4.18. The molecule has 0 aliphatic rings. The number of pyridine rings is 1. The second kappa shape index (κ2) is 9.82. The summed E-state index contributed by atoms with van der Waals surface area (Å²) >= 11 is 6.00. The average molecular weight is 515 g/mol. The minimum absolute atomic E-state index is 0.0549. The second-order valence-corrected chi connectivity index (χ2v) is 8.18. The number of carbonyl (C=O) groups excluding carboxylic acids is 2. The van der Waals surface area contributed by atoms with Gasteiger partial charge in [-0.3, -0.25) is 4.98 Å². The zero-order chi connectivity index (χ0) is 26.0. The molecule has 0 radical (unpaired) electrons. The normalized spacial score (nSPS) is 11.3. The summed E-state index contributed by atoms with van der Waals surface area (Å²) in [5.74, 6) is -3.73. The minimum Gasteiger partial charge on any atom is -0.383 e. The highest BCUT2D eigenvalue weighted by Crippen LogP contribution is 2.37. The highest BCUT2D eigenvalue weighted by Gasteiger charge is 2.43. The van der Waals surface area contributed by atoms with Gasteiger partial charge in [-0.2, -0.15) is 18.3 Å². The van der Waals surface area contributed by atoms with Crippen LogP contribution in [-0.4, -0.2) is 32.9 Å². The summed E-state index contributed by atoms with van der Waals surface area (Å²) in [6, 6.07) is 15.0. The van der Waals surface area contributed by atoms with E-state index < -0.39 is 18.1 Å². The van der Waals surface area contributed by atoms with Gasteiger partial charge >= 0.3 is 18.1 Å². The molecule has 0 aliphatic heterocycles. The summed E-state index contributed by atoms with van der Waals surface area (Å²) in [4.78, 5) is 28.0. The van der Waals surface area contributed by atoms with E-state index in [1.54, 1.807) is 30.1 Å². The number of para-hydroxylation sites is 1. The van der Waals surface area contributed by atoms with Gasteiger partial charge in [0.1, 0.15) is 5.82 Å². The molecule has 4 aromatic rings. The van der Waals surface area contributed by atoms with Crippen LogP contribution in [0.25, 0.3) is 16.8 Å². The second-order valence-electron chi connectivity index (χ2n) is 7.74. The summed E-state index contributed by atoms with van der Waals surface area (Å²) in [6.07, 6.45) is -2.09. The van der Waals surface area contributed by atoms with Gasteiger partial charge in [0.15, 0.2) is 0 Å². The average Bonchev–Trinajstić information content (AvgIpc) is 3.15. The van der Waals surface area contributed by atoms with Crippen LogP contribution >= 0.6 is 11.6 Å². The Balaban J connectivity index is 1.86. The third-order valence-corrected chi connectivity index (χ3v) is 5.46. The molecule has 11 heteroatoms. The van der Waals surface area contributed by atoms with Gasteiger partial charge < -0.3 is 10.1 Å². The summed E-state index contributed by atoms with van der Waals surface area (Å²) in [7, 11) is 0. The lowest BCUT2D eigenvalue weighted by Crippen LogP contribution is -2.28. The van der Waals surface area contributed by atoms with Crippen LogP contribution in [0.2, 0.25) is 5.02 Å². The molecule has 0 saturated heterocycles. The number of ether oxygens (including phenoxy) is 1. The van der Waals surface area contributed by atoms with Gasteiger partial charge in [0.05, 0.1) is 22.6 Å². The SMILES string of the molecule is Cc1ccccc1-n1nc(C)c(-c2cccnc2)c1Nc1ccc(Cl)cc1C(=O)OC(=O)C(F)(F)F. The van der Waals surface area contributed by atoms with Crippen LogP contribution in [0.1, 0.15) is 21.6 Å². The van der Waals surface area contributed by atoms with Gasteiger partial charge in [-0.05, 0) is 49.7 Å². The number of aryl methyl sites for hydroxylation is 2. The molecule has 0 spiro atoms. The lowest BCUT2D eigenvalue weighted by atomic mass is 10.1. The number of nitrogens with one attached hydrogen (secondary N) is 1. The highest BCUT2D eigenvalue weighted by atomic mass is 35.5. The van der Waals surface area contributed by atoms with Gasteiger partial charge in [0.2, 0.25) is 0 Å². The highest BCUT2D eigenvalue weighted by molar-refractivity contribution is 6.31. The summed E-state index contributed by atoms with van der Waals surface area (Å²) in [5, 5.41) is 7.82. The van der Waals surface area contributed by atoms with E-state index in [9.17, 15) is 22.8 Å². The Bertz CT molecular complexity index is 1450. The van der Waals surface area contributed by atoms with E-state index in [-0.39, 0.29) is 16.3 Å². The molecule has 0 bridgehead atoms. The number of anilines is 2. The van der Waals surface area contributed by atoms with Gasteiger partial charge in [-0.15, -0.1) is 0 Å². The molecule has 1 N–H and O–H groups in total. The zero-order valence-electron chi connectivity index (χ0n) is 18.9. The zero-order valence-corrected chi connectivity index (χ0v) is 19.7. The fraction of sp³-hybridized carbons (Fsp3) is 0.120. The number of carbonyl (C=O) groups is 2. The van der Waals surface area contributed by atoms with Crippen molar-refractivity contribution in [2.24, 2.45) is 0 Å². The monoisotopic (exact) mass is 514 g/mol. The number of benzene rings is 2. The molecule has 184 valence electrons.